The van der Waals surface area contributed by atoms with Crippen molar-refractivity contribution >= 4 is 34.6 Å². The Kier molecular flexibility index (Phi) is 4.38. The highest BCUT2D eigenvalue weighted by Crippen LogP contribution is 2.47. The molecule has 142 valence electrons. The minimum absolute atomic E-state index is 0.0117. The van der Waals surface area contributed by atoms with E-state index < -0.39 is 17.6 Å². The molecular weight excluding hydrogens is 370 g/mol. The molecule has 7 nitrogen and oxygen atoms in total. The van der Waals surface area contributed by atoms with Crippen molar-refractivity contribution < 1.29 is 23.5 Å². The summed E-state index contributed by atoms with van der Waals surface area (Å²) in [6.07, 6.45) is 1.20. The molecule has 0 unspecified atom stereocenters. The molecule has 0 N–H and O–H groups in total. The van der Waals surface area contributed by atoms with Crippen LogP contribution in [-0.2, 0) is 20.9 Å². The predicted molar refractivity (Wildman–Crippen MR) is 99.6 cm³/mol. The van der Waals surface area contributed by atoms with Crippen molar-refractivity contribution in [3.63, 3.8) is 0 Å². The Bertz CT molecular complexity index is 986. The van der Waals surface area contributed by atoms with E-state index in [0.29, 0.717) is 34.5 Å². The van der Waals surface area contributed by atoms with Crippen molar-refractivity contribution in [2.24, 2.45) is 0 Å². The van der Waals surface area contributed by atoms with Gasteiger partial charge in [-0.3, -0.25) is 4.79 Å². The Balaban J connectivity index is 1.54. The van der Waals surface area contributed by atoms with E-state index in [2.05, 4.69) is 0 Å². The van der Waals surface area contributed by atoms with E-state index in [-0.39, 0.29) is 17.4 Å². The third kappa shape index (κ3) is 3.07. The number of thioether (sulfide) groups is 1. The number of esters is 1. The van der Waals surface area contributed by atoms with Gasteiger partial charge in [0.1, 0.15) is 24.0 Å². The number of methoxy groups -OCH3 is 1. The summed E-state index contributed by atoms with van der Waals surface area (Å²) in [4.78, 5) is 38.0. The number of nitrogens with zero attached hydrogens (tertiary/aromatic N) is 1. The smallest absolute Gasteiger partial charge is 0.336 e. The van der Waals surface area contributed by atoms with Gasteiger partial charge in [0, 0.05) is 35.3 Å². The van der Waals surface area contributed by atoms with Crippen LogP contribution in [0.2, 0.25) is 0 Å². The van der Waals surface area contributed by atoms with Gasteiger partial charge in [-0.25, -0.2) is 9.59 Å². The van der Waals surface area contributed by atoms with Crippen LogP contribution in [0.5, 0.6) is 5.75 Å². The zero-order valence-electron chi connectivity index (χ0n) is 15.0. The Labute approximate surface area is 159 Å². The first-order valence-corrected chi connectivity index (χ1v) is 9.63. The SMILES string of the molecule is COc1ccc2c(COC(=O)[C@H]3CS[C@]4(C)CCC(=O)N34)cc(=O)oc2c1. The number of hydrogen-bond acceptors (Lipinski definition) is 7. The van der Waals surface area contributed by atoms with E-state index in [1.54, 1.807) is 34.9 Å². The van der Waals surface area contributed by atoms with Gasteiger partial charge in [-0.05, 0) is 25.5 Å². The fourth-order valence-corrected chi connectivity index (χ4v) is 5.11. The van der Waals surface area contributed by atoms with Crippen LogP contribution in [0.3, 0.4) is 0 Å². The van der Waals surface area contributed by atoms with Crippen molar-refractivity contribution in [3.05, 3.63) is 40.2 Å². The van der Waals surface area contributed by atoms with Crippen molar-refractivity contribution in [1.29, 1.82) is 0 Å². The lowest BCUT2D eigenvalue weighted by atomic mass is 10.1. The first-order chi connectivity index (χ1) is 12.9. The lowest BCUT2D eigenvalue weighted by molar-refractivity contribution is -0.154. The summed E-state index contributed by atoms with van der Waals surface area (Å²) in [6.45, 7) is 1.92. The highest BCUT2D eigenvalue weighted by atomic mass is 32.2. The van der Waals surface area contributed by atoms with Crippen molar-refractivity contribution in [2.75, 3.05) is 12.9 Å². The largest absolute Gasteiger partial charge is 0.497 e. The van der Waals surface area contributed by atoms with Crippen LogP contribution in [0.1, 0.15) is 25.3 Å². The maximum absolute atomic E-state index is 12.6. The average Bonchev–Trinajstić information content (AvgIpc) is 3.14. The predicted octanol–water partition coefficient (Wildman–Crippen LogP) is 2.30. The standard InChI is InChI=1S/C19H19NO6S/c1-19-6-5-16(21)20(19)14(10-27-19)18(23)25-9-11-7-17(22)26-15-8-12(24-2)3-4-13(11)15/h3-4,7-8,14H,5-6,9-10H2,1-2H3/t14-,19-/m1/s1. The molecule has 3 heterocycles. The average molecular weight is 389 g/mol. The van der Waals surface area contributed by atoms with E-state index in [9.17, 15) is 14.4 Å². The summed E-state index contributed by atoms with van der Waals surface area (Å²) in [6, 6.07) is 5.85. The highest BCUT2D eigenvalue weighted by molar-refractivity contribution is 8.01. The van der Waals surface area contributed by atoms with Crippen LogP contribution in [0, 0.1) is 0 Å². The van der Waals surface area contributed by atoms with Gasteiger partial charge in [0.25, 0.3) is 0 Å². The molecule has 1 aromatic heterocycles. The second-order valence-corrected chi connectivity index (χ2v) is 8.33. The number of ether oxygens (including phenoxy) is 2. The lowest BCUT2D eigenvalue weighted by Gasteiger charge is -2.29. The Morgan fingerprint density at radius 3 is 2.96 bits per heavy atom. The Morgan fingerprint density at radius 2 is 2.19 bits per heavy atom. The van der Waals surface area contributed by atoms with Gasteiger partial charge in [-0.2, -0.15) is 0 Å². The number of amides is 1. The first kappa shape index (κ1) is 17.9. The molecule has 0 saturated carbocycles. The van der Waals surface area contributed by atoms with Crippen LogP contribution in [0.25, 0.3) is 11.0 Å². The van der Waals surface area contributed by atoms with E-state index in [4.69, 9.17) is 13.9 Å². The maximum Gasteiger partial charge on any atom is 0.336 e. The van der Waals surface area contributed by atoms with E-state index in [1.807, 2.05) is 6.92 Å². The van der Waals surface area contributed by atoms with Gasteiger partial charge in [0.15, 0.2) is 0 Å². The third-order valence-electron chi connectivity index (χ3n) is 5.12. The van der Waals surface area contributed by atoms with E-state index in [1.165, 1.54) is 13.2 Å². The number of fused-ring (bicyclic) bond motifs is 2. The van der Waals surface area contributed by atoms with Crippen LogP contribution in [0.15, 0.2) is 33.5 Å². The molecule has 0 aliphatic carbocycles. The molecule has 0 radical (unpaired) electrons. The topological polar surface area (TPSA) is 86.0 Å². The molecule has 2 aromatic rings. The van der Waals surface area contributed by atoms with Gasteiger partial charge in [0.05, 0.1) is 12.0 Å². The molecule has 2 aliphatic rings. The van der Waals surface area contributed by atoms with E-state index in [0.717, 1.165) is 6.42 Å². The fourth-order valence-electron chi connectivity index (χ4n) is 3.70. The number of benzene rings is 1. The summed E-state index contributed by atoms with van der Waals surface area (Å²) in [5.74, 6) is 0.629. The summed E-state index contributed by atoms with van der Waals surface area (Å²) in [5.41, 5.74) is 0.394. The normalized spacial score (nSPS) is 24.3. The Hall–Kier alpha value is -2.48. The quantitative estimate of drug-likeness (QED) is 0.586. The van der Waals surface area contributed by atoms with E-state index >= 15 is 0 Å². The van der Waals surface area contributed by atoms with Crippen molar-refractivity contribution in [2.45, 2.75) is 37.3 Å². The molecule has 8 heteroatoms. The van der Waals surface area contributed by atoms with Gasteiger partial charge in [0.2, 0.25) is 5.91 Å². The van der Waals surface area contributed by atoms with Crippen molar-refractivity contribution in [3.8, 4) is 5.75 Å². The molecular formula is C19H19NO6S. The monoisotopic (exact) mass is 389 g/mol. The fraction of sp³-hybridized carbons (Fsp3) is 0.421. The van der Waals surface area contributed by atoms with Gasteiger partial charge in [-0.15, -0.1) is 11.8 Å². The molecule has 2 saturated heterocycles. The molecule has 27 heavy (non-hydrogen) atoms. The number of carbonyl (C=O) groups is 2. The van der Waals surface area contributed by atoms with Crippen LogP contribution < -0.4 is 10.4 Å². The third-order valence-corrected chi connectivity index (χ3v) is 6.63. The number of hydrogen-bond donors (Lipinski definition) is 0. The minimum atomic E-state index is -0.582. The molecule has 1 aromatic carbocycles. The summed E-state index contributed by atoms with van der Waals surface area (Å²) >= 11 is 1.61. The second kappa shape index (κ2) is 6.60. The second-order valence-electron chi connectivity index (χ2n) is 6.83. The molecule has 1 amide bonds. The van der Waals surface area contributed by atoms with Gasteiger partial charge < -0.3 is 18.8 Å². The molecule has 2 atom stereocenters. The first-order valence-electron chi connectivity index (χ1n) is 8.65. The molecule has 2 fully saturated rings. The van der Waals surface area contributed by atoms with Gasteiger partial charge in [-0.1, -0.05) is 0 Å². The summed E-state index contributed by atoms with van der Waals surface area (Å²) in [7, 11) is 1.53. The molecule has 0 bridgehead atoms. The van der Waals surface area contributed by atoms with Gasteiger partial charge >= 0.3 is 11.6 Å². The maximum atomic E-state index is 12.6. The minimum Gasteiger partial charge on any atom is -0.497 e. The van der Waals surface area contributed by atoms with Crippen LogP contribution in [0.4, 0.5) is 0 Å². The molecule has 2 aliphatic heterocycles. The number of rotatable bonds is 4. The zero-order valence-corrected chi connectivity index (χ0v) is 15.8. The number of carbonyl (C=O) groups excluding carboxylic acids is 2. The van der Waals surface area contributed by atoms with Crippen molar-refractivity contribution in [1.82, 2.24) is 4.90 Å². The zero-order chi connectivity index (χ0) is 19.2. The Morgan fingerprint density at radius 1 is 1.37 bits per heavy atom. The lowest BCUT2D eigenvalue weighted by Crippen LogP contribution is -2.46. The van der Waals surface area contributed by atoms with Crippen LogP contribution in [-0.4, -0.2) is 40.6 Å². The highest BCUT2D eigenvalue weighted by Gasteiger charge is 2.53. The molecule has 0 spiro atoms. The summed E-state index contributed by atoms with van der Waals surface area (Å²) in [5, 5.41) is 0.672. The molecule has 4 rings (SSSR count). The van der Waals surface area contributed by atoms with Crippen LogP contribution >= 0.6 is 11.8 Å². The summed E-state index contributed by atoms with van der Waals surface area (Å²) < 4.78 is 15.8.